The Morgan fingerprint density at radius 2 is 1.86 bits per heavy atom. The average molecular weight is 405 g/mol. The first-order chi connectivity index (χ1) is 14.0. The van der Waals surface area contributed by atoms with Gasteiger partial charge in [-0.2, -0.15) is 0 Å². The van der Waals surface area contributed by atoms with E-state index in [0.29, 0.717) is 36.3 Å². The minimum absolute atomic E-state index is 0.333. The van der Waals surface area contributed by atoms with Gasteiger partial charge in [0.2, 0.25) is 5.75 Å². The highest BCUT2D eigenvalue weighted by molar-refractivity contribution is 5.79. The largest absolute Gasteiger partial charge is 0.493 e. The highest BCUT2D eigenvalue weighted by Gasteiger charge is 2.15. The van der Waals surface area contributed by atoms with Gasteiger partial charge in [-0.05, 0) is 25.3 Å². The van der Waals surface area contributed by atoms with E-state index in [9.17, 15) is 0 Å². The second kappa shape index (κ2) is 11.2. The van der Waals surface area contributed by atoms with Crippen LogP contribution in [0, 0.1) is 0 Å². The number of hydrogen-bond donors (Lipinski definition) is 2. The van der Waals surface area contributed by atoms with Crippen molar-refractivity contribution < 1.29 is 18.7 Å². The van der Waals surface area contributed by atoms with Crippen LogP contribution in [-0.2, 0) is 13.0 Å². The van der Waals surface area contributed by atoms with Crippen LogP contribution in [0.2, 0.25) is 0 Å². The molecule has 0 saturated heterocycles. The molecule has 0 spiro atoms. The number of ether oxygens (including phenoxy) is 3. The third kappa shape index (κ3) is 6.04. The van der Waals surface area contributed by atoms with E-state index < -0.39 is 0 Å². The van der Waals surface area contributed by atoms with E-state index in [1.54, 1.807) is 21.3 Å². The zero-order valence-electron chi connectivity index (χ0n) is 18.2. The monoisotopic (exact) mass is 404 g/mol. The Morgan fingerprint density at radius 1 is 1.10 bits per heavy atom. The molecule has 2 rings (SSSR count). The van der Waals surface area contributed by atoms with Gasteiger partial charge in [-0.25, -0.2) is 4.99 Å². The van der Waals surface area contributed by atoms with Gasteiger partial charge in [0, 0.05) is 24.7 Å². The van der Waals surface area contributed by atoms with Crippen LogP contribution in [0.4, 0.5) is 0 Å². The minimum Gasteiger partial charge on any atom is -0.493 e. The summed E-state index contributed by atoms with van der Waals surface area (Å²) in [5.41, 5.74) is 1.96. The summed E-state index contributed by atoms with van der Waals surface area (Å²) in [4.78, 5) is 4.58. The molecule has 0 unspecified atom stereocenters. The third-order valence-corrected chi connectivity index (χ3v) is 4.38. The number of benzene rings is 1. The summed E-state index contributed by atoms with van der Waals surface area (Å²) in [5, 5.41) is 10.6. The number of rotatable bonds is 10. The number of aromatic nitrogens is 1. The fraction of sp³-hybridized carbons (Fsp3) is 0.524. The topological polar surface area (TPSA) is 90.1 Å². The zero-order valence-corrected chi connectivity index (χ0v) is 18.2. The van der Waals surface area contributed by atoms with Gasteiger partial charge in [0.25, 0.3) is 0 Å². The maximum absolute atomic E-state index is 5.54. The van der Waals surface area contributed by atoms with Crippen molar-refractivity contribution in [1.29, 1.82) is 0 Å². The van der Waals surface area contributed by atoms with Gasteiger partial charge in [-0.3, -0.25) is 0 Å². The Bertz CT molecular complexity index is 802. The van der Waals surface area contributed by atoms with E-state index >= 15 is 0 Å². The Labute approximate surface area is 172 Å². The number of nitrogens with one attached hydrogen (secondary N) is 2. The van der Waals surface area contributed by atoms with Crippen LogP contribution < -0.4 is 24.8 Å². The molecule has 0 saturated carbocycles. The molecule has 0 aliphatic rings. The van der Waals surface area contributed by atoms with Gasteiger partial charge in [0.1, 0.15) is 6.54 Å². The summed E-state index contributed by atoms with van der Waals surface area (Å²) in [7, 11) is 4.84. The SMILES string of the molecule is CCNC(=NCc1cc(C(C)C)no1)NCCc1ccc(OC)c(OC)c1OC. The third-order valence-electron chi connectivity index (χ3n) is 4.38. The molecule has 0 aliphatic carbocycles. The van der Waals surface area contributed by atoms with Crippen molar-refractivity contribution in [3.8, 4) is 17.2 Å². The van der Waals surface area contributed by atoms with Crippen LogP contribution in [0.5, 0.6) is 17.2 Å². The summed E-state index contributed by atoms with van der Waals surface area (Å²) in [6.07, 6.45) is 0.730. The lowest BCUT2D eigenvalue weighted by atomic mass is 10.1. The predicted molar refractivity (Wildman–Crippen MR) is 113 cm³/mol. The van der Waals surface area contributed by atoms with Crippen molar-refractivity contribution in [1.82, 2.24) is 15.8 Å². The van der Waals surface area contributed by atoms with Crippen LogP contribution in [-0.4, -0.2) is 45.5 Å². The number of hydrogen-bond acceptors (Lipinski definition) is 6. The molecule has 8 heteroatoms. The van der Waals surface area contributed by atoms with E-state index in [-0.39, 0.29) is 0 Å². The maximum atomic E-state index is 5.54. The summed E-state index contributed by atoms with van der Waals surface area (Å²) < 4.78 is 21.7. The Hall–Kier alpha value is -2.90. The molecule has 8 nitrogen and oxygen atoms in total. The lowest BCUT2D eigenvalue weighted by Gasteiger charge is -2.16. The smallest absolute Gasteiger partial charge is 0.203 e. The fourth-order valence-corrected chi connectivity index (χ4v) is 2.85. The van der Waals surface area contributed by atoms with Gasteiger partial charge >= 0.3 is 0 Å². The molecule has 0 aliphatic heterocycles. The van der Waals surface area contributed by atoms with Gasteiger partial charge in [0.05, 0.1) is 27.0 Å². The molecule has 1 aromatic carbocycles. The molecule has 0 atom stereocenters. The lowest BCUT2D eigenvalue weighted by Crippen LogP contribution is -2.38. The maximum Gasteiger partial charge on any atom is 0.203 e. The first kappa shape index (κ1) is 22.4. The number of aliphatic imine (C=N–C) groups is 1. The van der Waals surface area contributed by atoms with E-state index in [1.165, 1.54) is 0 Å². The molecule has 0 fully saturated rings. The molecule has 1 aromatic heterocycles. The van der Waals surface area contributed by atoms with Crippen molar-refractivity contribution in [2.45, 2.75) is 39.7 Å². The van der Waals surface area contributed by atoms with Crippen molar-refractivity contribution in [2.75, 3.05) is 34.4 Å². The van der Waals surface area contributed by atoms with Gasteiger partial charge in [-0.1, -0.05) is 25.1 Å². The second-order valence-corrected chi connectivity index (χ2v) is 6.74. The molecule has 0 radical (unpaired) electrons. The highest BCUT2D eigenvalue weighted by atomic mass is 16.5. The molecule has 0 amide bonds. The van der Waals surface area contributed by atoms with Crippen LogP contribution >= 0.6 is 0 Å². The molecule has 0 bridgehead atoms. The van der Waals surface area contributed by atoms with Crippen LogP contribution in [0.25, 0.3) is 0 Å². The molecular formula is C21H32N4O4. The average Bonchev–Trinajstić information content (AvgIpc) is 3.20. The normalized spacial score (nSPS) is 11.5. The Morgan fingerprint density at radius 3 is 2.45 bits per heavy atom. The molecule has 2 N–H and O–H groups in total. The van der Waals surface area contributed by atoms with Crippen molar-refractivity contribution >= 4 is 5.96 Å². The summed E-state index contributed by atoms with van der Waals surface area (Å²) in [6.45, 7) is 8.05. The summed E-state index contributed by atoms with van der Waals surface area (Å²) >= 11 is 0. The van der Waals surface area contributed by atoms with E-state index in [1.807, 2.05) is 25.1 Å². The van der Waals surface area contributed by atoms with Gasteiger partial charge in [0.15, 0.2) is 23.2 Å². The molecule has 2 aromatic rings. The summed E-state index contributed by atoms with van der Waals surface area (Å²) in [6, 6.07) is 5.81. The number of methoxy groups -OCH3 is 3. The molecule has 29 heavy (non-hydrogen) atoms. The number of nitrogens with zero attached hydrogens (tertiary/aromatic N) is 2. The highest BCUT2D eigenvalue weighted by Crippen LogP contribution is 2.39. The van der Waals surface area contributed by atoms with Crippen molar-refractivity contribution in [3.63, 3.8) is 0 Å². The molecule has 1 heterocycles. The second-order valence-electron chi connectivity index (χ2n) is 6.74. The Balaban J connectivity index is 2.01. The zero-order chi connectivity index (χ0) is 21.2. The van der Waals surface area contributed by atoms with Crippen LogP contribution in [0.1, 0.15) is 43.7 Å². The first-order valence-electron chi connectivity index (χ1n) is 9.79. The molecule has 160 valence electrons. The lowest BCUT2D eigenvalue weighted by molar-refractivity contribution is 0.322. The van der Waals surface area contributed by atoms with E-state index in [0.717, 1.165) is 35.9 Å². The quantitative estimate of drug-likeness (QED) is 0.464. The Kier molecular flexibility index (Phi) is 8.64. The summed E-state index contributed by atoms with van der Waals surface area (Å²) in [5.74, 6) is 3.71. The minimum atomic E-state index is 0.333. The first-order valence-corrected chi connectivity index (χ1v) is 9.79. The standard InChI is InChI=1S/C21H32N4O4/c1-7-22-21(24-13-16-12-17(14(2)3)25-29-16)23-11-10-15-8-9-18(26-4)20(28-6)19(15)27-5/h8-9,12,14H,7,10-11,13H2,1-6H3,(H2,22,23,24). The van der Waals surface area contributed by atoms with Crippen molar-refractivity contribution in [3.05, 3.63) is 35.2 Å². The number of guanidine groups is 1. The van der Waals surface area contributed by atoms with Gasteiger partial charge < -0.3 is 29.4 Å². The van der Waals surface area contributed by atoms with E-state index in [2.05, 4.69) is 34.6 Å². The van der Waals surface area contributed by atoms with Crippen molar-refractivity contribution in [2.24, 2.45) is 4.99 Å². The predicted octanol–water partition coefficient (Wildman–Crippen LogP) is 3.12. The van der Waals surface area contributed by atoms with E-state index in [4.69, 9.17) is 18.7 Å². The fourth-order valence-electron chi connectivity index (χ4n) is 2.85. The molecular weight excluding hydrogens is 372 g/mol. The van der Waals surface area contributed by atoms with Crippen LogP contribution in [0.15, 0.2) is 27.7 Å². The van der Waals surface area contributed by atoms with Crippen LogP contribution in [0.3, 0.4) is 0 Å². The van der Waals surface area contributed by atoms with Gasteiger partial charge in [-0.15, -0.1) is 0 Å².